The highest BCUT2D eigenvalue weighted by Gasteiger charge is 2.66. The lowest BCUT2D eigenvalue weighted by molar-refractivity contribution is -0.128. The molecular weight excluding hydrogens is 605 g/mol. The van der Waals surface area contributed by atoms with Gasteiger partial charge in [0, 0.05) is 22.5 Å². The van der Waals surface area contributed by atoms with Gasteiger partial charge in [-0.25, -0.2) is 4.79 Å². The molecule has 3 saturated heterocycles. The van der Waals surface area contributed by atoms with Gasteiger partial charge in [-0.2, -0.15) is 0 Å². The van der Waals surface area contributed by atoms with Crippen LogP contribution < -0.4 is 5.32 Å². The molecule has 3 aliphatic heterocycles. The summed E-state index contributed by atoms with van der Waals surface area (Å²) in [6.07, 6.45) is 1.58. The number of carbonyl (C=O) groups excluding carboxylic acids is 2. The fourth-order valence-corrected chi connectivity index (χ4v) is 15.7. The zero-order chi connectivity index (χ0) is 34.8. The summed E-state index contributed by atoms with van der Waals surface area (Å²) in [7, 11) is -5.04. The molecule has 0 radical (unpaired) electrons. The van der Waals surface area contributed by atoms with Gasteiger partial charge in [-0.05, 0) is 52.2 Å². The second-order valence-corrected chi connectivity index (χ2v) is 28.8. The fourth-order valence-electron chi connectivity index (χ4n) is 7.40. The van der Waals surface area contributed by atoms with E-state index in [9.17, 15) is 9.59 Å². The fraction of sp³-hybridized carbons (Fsp3) is 0.882. The Labute approximate surface area is 275 Å². The van der Waals surface area contributed by atoms with Crippen molar-refractivity contribution in [2.24, 2.45) is 0 Å². The Morgan fingerprint density at radius 3 is 2.02 bits per heavy atom. The Morgan fingerprint density at radius 2 is 1.56 bits per heavy atom. The van der Waals surface area contributed by atoms with Crippen LogP contribution >= 0.6 is 0 Å². The van der Waals surface area contributed by atoms with Crippen LogP contribution in [0, 0.1) is 0 Å². The molecule has 260 valence electrons. The van der Waals surface area contributed by atoms with E-state index in [2.05, 4.69) is 86.8 Å². The molecule has 9 nitrogen and oxygen atoms in total. The van der Waals surface area contributed by atoms with E-state index >= 15 is 0 Å². The average Bonchev–Trinajstić information content (AvgIpc) is 3.12. The summed E-state index contributed by atoms with van der Waals surface area (Å²) in [6.45, 7) is 36.9. The van der Waals surface area contributed by atoms with E-state index < -0.39 is 34.1 Å². The molecule has 1 N–H and O–H groups in total. The summed E-state index contributed by atoms with van der Waals surface area (Å²) in [5, 5.41) is 2.95. The predicted molar refractivity (Wildman–Crippen MR) is 184 cm³/mol. The van der Waals surface area contributed by atoms with Crippen LogP contribution in [0.2, 0.25) is 33.7 Å². The maximum atomic E-state index is 13.3. The third kappa shape index (κ3) is 7.52. The zero-order valence-electron chi connectivity index (χ0n) is 31.4. The Hall–Kier alpha value is -1.41. The highest BCUT2D eigenvalue weighted by atomic mass is 28.4. The summed E-state index contributed by atoms with van der Waals surface area (Å²) in [4.78, 5) is 27.9. The molecule has 2 amide bonds. The molecule has 5 atom stereocenters. The number of ether oxygens (including phenoxy) is 3. The summed E-state index contributed by atoms with van der Waals surface area (Å²) < 4.78 is 33.0. The van der Waals surface area contributed by atoms with E-state index in [0.717, 1.165) is 0 Å². The number of carbonyl (C=O) groups is 2. The molecule has 45 heavy (non-hydrogen) atoms. The first-order chi connectivity index (χ1) is 20.1. The van der Waals surface area contributed by atoms with E-state index in [0.29, 0.717) is 25.4 Å². The Balaban J connectivity index is 2.12. The highest BCUT2D eigenvalue weighted by molar-refractivity contribution is 6.82. The van der Waals surface area contributed by atoms with Crippen LogP contribution in [0.1, 0.15) is 110 Å². The second-order valence-electron chi connectivity index (χ2n) is 18.4. The number of nitrogens with one attached hydrogen (secondary N) is 1. The van der Waals surface area contributed by atoms with Crippen LogP contribution in [-0.4, -0.2) is 82.4 Å². The van der Waals surface area contributed by atoms with E-state index in [4.69, 9.17) is 23.1 Å². The standard InChI is InChI=1S/C34H64N2O7Si2/c1-22(37)35-26-24(19-18-23-20-39-34(14,15)36(23)29(38)42-30(2,3)4)41-25-21-40-45(32(8,9)10,33(11,12)13)43-27(25)28(26)44(16,17)31(5,6)7/h19,23,25-28H,18,20-21H2,1-17H3,(H,35,37)/b24-19-/t23-,25+,26-,27+,28+/m0/s1. The molecular formula is C34H64N2O7Si2. The van der Waals surface area contributed by atoms with E-state index in [1.165, 1.54) is 0 Å². The molecule has 0 aromatic carbocycles. The van der Waals surface area contributed by atoms with Crippen molar-refractivity contribution in [1.29, 1.82) is 0 Å². The van der Waals surface area contributed by atoms with Crippen molar-refractivity contribution in [2.75, 3.05) is 13.2 Å². The lowest BCUT2D eigenvalue weighted by Gasteiger charge is -2.61. The topological polar surface area (TPSA) is 95.6 Å². The third-order valence-corrected chi connectivity index (χ3v) is 21.6. The van der Waals surface area contributed by atoms with Gasteiger partial charge in [-0.1, -0.05) is 75.4 Å². The number of rotatable bonds is 4. The normalized spacial score (nSPS) is 30.0. The number of hydrogen-bond donors (Lipinski definition) is 1. The molecule has 11 heteroatoms. The van der Waals surface area contributed by atoms with Gasteiger partial charge in [0.2, 0.25) is 5.91 Å². The number of amides is 2. The van der Waals surface area contributed by atoms with Crippen molar-refractivity contribution in [3.63, 3.8) is 0 Å². The minimum absolute atomic E-state index is 0.00750. The molecule has 3 fully saturated rings. The van der Waals surface area contributed by atoms with Gasteiger partial charge in [-0.3, -0.25) is 9.69 Å². The summed E-state index contributed by atoms with van der Waals surface area (Å²) >= 11 is 0. The van der Waals surface area contributed by atoms with Crippen LogP contribution in [0.3, 0.4) is 0 Å². The summed E-state index contributed by atoms with van der Waals surface area (Å²) in [6, 6.07) is -0.631. The Bertz CT molecular complexity index is 1130. The minimum atomic E-state index is -2.83. The van der Waals surface area contributed by atoms with Gasteiger partial charge >= 0.3 is 14.7 Å². The molecule has 3 rings (SSSR count). The van der Waals surface area contributed by atoms with Crippen LogP contribution in [-0.2, 0) is 27.9 Å². The number of hydrogen-bond acceptors (Lipinski definition) is 7. The molecule has 0 aromatic rings. The molecule has 0 unspecified atom stereocenters. The quantitative estimate of drug-likeness (QED) is 0.305. The number of fused-ring (bicyclic) bond motifs is 1. The van der Waals surface area contributed by atoms with Gasteiger partial charge in [0.25, 0.3) is 0 Å². The molecule has 0 saturated carbocycles. The van der Waals surface area contributed by atoms with Crippen molar-refractivity contribution in [2.45, 2.75) is 180 Å². The first-order valence-corrected chi connectivity index (χ1v) is 21.6. The molecule has 0 bridgehead atoms. The van der Waals surface area contributed by atoms with Crippen LogP contribution in [0.4, 0.5) is 4.79 Å². The van der Waals surface area contributed by atoms with Gasteiger partial charge in [0.15, 0.2) is 0 Å². The largest absolute Gasteiger partial charge is 0.488 e. The number of nitrogens with zero attached hydrogens (tertiary/aromatic N) is 1. The predicted octanol–water partition coefficient (Wildman–Crippen LogP) is 7.87. The van der Waals surface area contributed by atoms with Crippen molar-refractivity contribution < 1.29 is 32.7 Å². The van der Waals surface area contributed by atoms with E-state index in [1.807, 2.05) is 34.6 Å². The maximum Gasteiger partial charge on any atom is 0.412 e. The first kappa shape index (κ1) is 38.0. The smallest absolute Gasteiger partial charge is 0.412 e. The van der Waals surface area contributed by atoms with Crippen molar-refractivity contribution in [1.82, 2.24) is 10.2 Å². The van der Waals surface area contributed by atoms with E-state index in [1.54, 1.807) is 11.8 Å². The Morgan fingerprint density at radius 1 is 1.00 bits per heavy atom. The maximum absolute atomic E-state index is 13.3. The van der Waals surface area contributed by atoms with Crippen molar-refractivity contribution >= 4 is 28.6 Å². The van der Waals surface area contributed by atoms with Crippen molar-refractivity contribution in [3.8, 4) is 0 Å². The third-order valence-electron chi connectivity index (χ3n) is 10.3. The van der Waals surface area contributed by atoms with Crippen LogP contribution in [0.5, 0.6) is 0 Å². The summed E-state index contributed by atoms with van der Waals surface area (Å²) in [5.41, 5.74) is -1.43. The molecule has 0 aliphatic carbocycles. The second kappa shape index (κ2) is 12.2. The molecule has 3 heterocycles. The average molecular weight is 669 g/mol. The van der Waals surface area contributed by atoms with Crippen LogP contribution in [0.15, 0.2) is 11.8 Å². The molecule has 0 aromatic heterocycles. The van der Waals surface area contributed by atoms with Gasteiger partial charge in [-0.15, -0.1) is 0 Å². The molecule has 0 spiro atoms. The van der Waals surface area contributed by atoms with Gasteiger partial charge in [0.1, 0.15) is 23.2 Å². The van der Waals surface area contributed by atoms with E-state index in [-0.39, 0.29) is 50.9 Å². The van der Waals surface area contributed by atoms with Crippen molar-refractivity contribution in [3.05, 3.63) is 11.8 Å². The summed E-state index contributed by atoms with van der Waals surface area (Å²) in [5.74, 6) is 0.600. The highest BCUT2D eigenvalue weighted by Crippen LogP contribution is 2.59. The lowest BCUT2D eigenvalue weighted by atomic mass is 9.96. The van der Waals surface area contributed by atoms with Gasteiger partial charge in [0.05, 0.1) is 39.5 Å². The molecule has 3 aliphatic rings. The Kier molecular flexibility index (Phi) is 10.3. The first-order valence-electron chi connectivity index (χ1n) is 16.7. The van der Waals surface area contributed by atoms with Crippen LogP contribution in [0.25, 0.3) is 0 Å². The van der Waals surface area contributed by atoms with Gasteiger partial charge < -0.3 is 28.4 Å². The minimum Gasteiger partial charge on any atom is -0.488 e. The zero-order valence-corrected chi connectivity index (χ0v) is 33.4. The lowest BCUT2D eigenvalue weighted by Crippen LogP contribution is -2.71. The SMILES string of the molecule is CC(=O)N[C@H]1/C(=C/C[C@H]2COC(C)(C)N2C(=O)OC(C)(C)C)O[C@@H]2CO[Si](C(C)(C)C)(C(C)(C)C)O[C@H]2[C@@H]1[Si](C)(C)C(C)(C)C. The monoisotopic (exact) mass is 668 g/mol.